The second kappa shape index (κ2) is 6.79. The maximum Gasteiger partial charge on any atom is 0.306 e. The van der Waals surface area contributed by atoms with Crippen molar-refractivity contribution in [1.82, 2.24) is 9.88 Å². The van der Waals surface area contributed by atoms with E-state index in [0.717, 1.165) is 5.56 Å². The topological polar surface area (TPSA) is 42.4 Å². The van der Waals surface area contributed by atoms with Crippen LogP contribution in [0.15, 0.2) is 12.3 Å². The van der Waals surface area contributed by atoms with Crippen molar-refractivity contribution >= 4 is 29.2 Å². The van der Waals surface area contributed by atoms with Gasteiger partial charge in [0.1, 0.15) is 5.15 Å². The summed E-state index contributed by atoms with van der Waals surface area (Å²) in [7, 11) is 3.27. The number of carbonyl (C=O) groups excluding carboxylic acids is 1. The third-order valence-corrected chi connectivity index (χ3v) is 2.82. The fraction of sp³-hybridized carbons (Fsp3) is 0.455. The first-order valence-electron chi connectivity index (χ1n) is 5.08. The van der Waals surface area contributed by atoms with Gasteiger partial charge in [-0.2, -0.15) is 0 Å². The Hall–Kier alpha value is -0.840. The predicted molar refractivity (Wildman–Crippen MR) is 67.2 cm³/mol. The van der Waals surface area contributed by atoms with Crippen LogP contribution in [-0.4, -0.2) is 36.6 Å². The fourth-order valence-corrected chi connectivity index (χ4v) is 1.73. The summed E-state index contributed by atoms with van der Waals surface area (Å²) < 4.78 is 4.57. The molecule has 0 amide bonds. The van der Waals surface area contributed by atoms with E-state index in [2.05, 4.69) is 9.72 Å². The molecular weight excluding hydrogens is 263 g/mol. The van der Waals surface area contributed by atoms with E-state index in [1.54, 1.807) is 12.3 Å². The summed E-state index contributed by atoms with van der Waals surface area (Å²) in [6.07, 6.45) is 1.99. The van der Waals surface area contributed by atoms with Crippen LogP contribution in [0.4, 0.5) is 0 Å². The summed E-state index contributed by atoms with van der Waals surface area (Å²) in [6.45, 7) is 1.21. The van der Waals surface area contributed by atoms with Gasteiger partial charge in [-0.3, -0.25) is 4.79 Å². The van der Waals surface area contributed by atoms with Crippen LogP contribution in [0.3, 0.4) is 0 Å². The van der Waals surface area contributed by atoms with Crippen LogP contribution in [0.5, 0.6) is 0 Å². The maximum atomic E-state index is 11.0. The SMILES string of the molecule is COC(=O)CCN(C)Cc1cnc(Cl)cc1Cl. The molecule has 0 aliphatic carbocycles. The summed E-state index contributed by atoms with van der Waals surface area (Å²) in [6, 6.07) is 1.60. The zero-order valence-electron chi connectivity index (χ0n) is 9.74. The predicted octanol–water partition coefficient (Wildman–Crippen LogP) is 2.38. The Kier molecular flexibility index (Phi) is 5.68. The molecule has 0 aliphatic rings. The van der Waals surface area contributed by atoms with Gasteiger partial charge in [-0.15, -0.1) is 0 Å². The van der Waals surface area contributed by atoms with Gasteiger partial charge < -0.3 is 9.64 Å². The largest absolute Gasteiger partial charge is 0.469 e. The summed E-state index contributed by atoms with van der Waals surface area (Å²) in [4.78, 5) is 16.9. The highest BCUT2D eigenvalue weighted by molar-refractivity contribution is 6.34. The van der Waals surface area contributed by atoms with Crippen molar-refractivity contribution in [1.29, 1.82) is 0 Å². The van der Waals surface area contributed by atoms with Gasteiger partial charge >= 0.3 is 5.97 Å². The molecule has 17 heavy (non-hydrogen) atoms. The molecule has 0 N–H and O–H groups in total. The lowest BCUT2D eigenvalue weighted by Gasteiger charge is -2.16. The van der Waals surface area contributed by atoms with Crippen LogP contribution in [0, 0.1) is 0 Å². The first kappa shape index (κ1) is 14.2. The lowest BCUT2D eigenvalue weighted by molar-refractivity contribution is -0.140. The minimum atomic E-state index is -0.225. The van der Waals surface area contributed by atoms with Crippen molar-refractivity contribution in [3.05, 3.63) is 28.0 Å². The molecule has 4 nitrogen and oxygen atoms in total. The third kappa shape index (κ3) is 4.89. The summed E-state index contributed by atoms with van der Waals surface area (Å²) >= 11 is 11.7. The van der Waals surface area contributed by atoms with Gasteiger partial charge in [0, 0.05) is 29.9 Å². The molecule has 1 aromatic rings. The quantitative estimate of drug-likeness (QED) is 0.612. The number of esters is 1. The first-order valence-corrected chi connectivity index (χ1v) is 5.83. The number of halogens is 2. The zero-order chi connectivity index (χ0) is 12.8. The number of nitrogens with zero attached hydrogens (tertiary/aromatic N) is 2. The second-order valence-corrected chi connectivity index (χ2v) is 4.46. The van der Waals surface area contributed by atoms with E-state index in [4.69, 9.17) is 23.2 Å². The van der Waals surface area contributed by atoms with Gasteiger partial charge in [0.05, 0.1) is 13.5 Å². The molecule has 0 spiro atoms. The number of carbonyl (C=O) groups is 1. The third-order valence-electron chi connectivity index (χ3n) is 2.26. The van der Waals surface area contributed by atoms with Crippen molar-refractivity contribution in [2.45, 2.75) is 13.0 Å². The smallest absolute Gasteiger partial charge is 0.306 e. The Morgan fingerprint density at radius 1 is 1.53 bits per heavy atom. The van der Waals surface area contributed by atoms with Crippen LogP contribution in [0.1, 0.15) is 12.0 Å². The molecule has 1 rings (SSSR count). The molecule has 0 bridgehead atoms. The molecule has 0 unspecified atom stereocenters. The molecule has 6 heteroatoms. The average molecular weight is 277 g/mol. The molecular formula is C11H14Cl2N2O2. The standard InChI is InChI=1S/C11H14Cl2N2O2/c1-15(4-3-11(16)17-2)7-8-6-14-10(13)5-9(8)12/h5-6H,3-4,7H2,1-2H3. The highest BCUT2D eigenvalue weighted by Gasteiger charge is 2.08. The summed E-state index contributed by atoms with van der Waals surface area (Å²) in [5.74, 6) is -0.225. The molecule has 0 atom stereocenters. The molecule has 0 saturated carbocycles. The summed E-state index contributed by atoms with van der Waals surface area (Å²) in [5.41, 5.74) is 0.878. The lowest BCUT2D eigenvalue weighted by Crippen LogP contribution is -2.22. The molecule has 0 saturated heterocycles. The van der Waals surface area contributed by atoms with Crippen LogP contribution < -0.4 is 0 Å². The lowest BCUT2D eigenvalue weighted by atomic mass is 10.2. The van der Waals surface area contributed by atoms with Crippen molar-refractivity contribution in [2.75, 3.05) is 20.7 Å². The molecule has 94 valence electrons. The molecule has 0 fully saturated rings. The molecule has 1 aromatic heterocycles. The van der Waals surface area contributed by atoms with E-state index in [1.165, 1.54) is 7.11 Å². The van der Waals surface area contributed by atoms with Gasteiger partial charge in [0.25, 0.3) is 0 Å². The van der Waals surface area contributed by atoms with Crippen molar-refractivity contribution in [3.8, 4) is 0 Å². The van der Waals surface area contributed by atoms with Crippen LogP contribution in [0.2, 0.25) is 10.2 Å². The van der Waals surface area contributed by atoms with Crippen molar-refractivity contribution < 1.29 is 9.53 Å². The van der Waals surface area contributed by atoms with Gasteiger partial charge in [-0.05, 0) is 13.1 Å². The van der Waals surface area contributed by atoms with E-state index in [9.17, 15) is 4.79 Å². The van der Waals surface area contributed by atoms with E-state index < -0.39 is 0 Å². The van der Waals surface area contributed by atoms with Gasteiger partial charge in [-0.1, -0.05) is 23.2 Å². The molecule has 0 radical (unpaired) electrons. The van der Waals surface area contributed by atoms with E-state index >= 15 is 0 Å². The van der Waals surface area contributed by atoms with Crippen molar-refractivity contribution in [3.63, 3.8) is 0 Å². The monoisotopic (exact) mass is 276 g/mol. The second-order valence-electron chi connectivity index (χ2n) is 3.66. The van der Waals surface area contributed by atoms with Crippen LogP contribution in [0.25, 0.3) is 0 Å². The molecule has 0 aliphatic heterocycles. The van der Waals surface area contributed by atoms with E-state index in [1.807, 2.05) is 11.9 Å². The Morgan fingerprint density at radius 2 is 2.24 bits per heavy atom. The van der Waals surface area contributed by atoms with E-state index in [0.29, 0.717) is 29.7 Å². The van der Waals surface area contributed by atoms with Gasteiger partial charge in [0.15, 0.2) is 0 Å². The maximum absolute atomic E-state index is 11.0. The molecule has 0 aromatic carbocycles. The number of hydrogen-bond donors (Lipinski definition) is 0. The van der Waals surface area contributed by atoms with Gasteiger partial charge in [0.2, 0.25) is 0 Å². The van der Waals surface area contributed by atoms with E-state index in [-0.39, 0.29) is 5.97 Å². The number of pyridine rings is 1. The Bertz CT molecular complexity index is 399. The van der Waals surface area contributed by atoms with Crippen LogP contribution in [-0.2, 0) is 16.1 Å². The highest BCUT2D eigenvalue weighted by Crippen LogP contribution is 2.19. The average Bonchev–Trinajstić information content (AvgIpc) is 2.29. The minimum Gasteiger partial charge on any atom is -0.469 e. The molecule has 1 heterocycles. The Balaban J connectivity index is 2.50. The number of aromatic nitrogens is 1. The zero-order valence-corrected chi connectivity index (χ0v) is 11.3. The summed E-state index contributed by atoms with van der Waals surface area (Å²) in [5, 5.41) is 0.950. The number of hydrogen-bond acceptors (Lipinski definition) is 4. The minimum absolute atomic E-state index is 0.225. The Labute approximate surface area is 110 Å². The normalized spacial score (nSPS) is 10.6. The number of ether oxygens (including phenoxy) is 1. The van der Waals surface area contributed by atoms with Crippen LogP contribution >= 0.6 is 23.2 Å². The fourth-order valence-electron chi connectivity index (χ4n) is 1.31. The number of methoxy groups -OCH3 is 1. The van der Waals surface area contributed by atoms with Gasteiger partial charge in [-0.25, -0.2) is 4.98 Å². The Morgan fingerprint density at radius 3 is 2.82 bits per heavy atom. The number of rotatable bonds is 5. The first-order chi connectivity index (χ1) is 8.02. The van der Waals surface area contributed by atoms with Crippen molar-refractivity contribution in [2.24, 2.45) is 0 Å². The highest BCUT2D eigenvalue weighted by atomic mass is 35.5.